The van der Waals surface area contributed by atoms with Gasteiger partial charge in [-0.25, -0.2) is 8.42 Å². The van der Waals surface area contributed by atoms with Crippen molar-refractivity contribution in [3.63, 3.8) is 0 Å². The Balaban J connectivity index is 1.35. The summed E-state index contributed by atoms with van der Waals surface area (Å²) in [6.07, 6.45) is 0.280. The monoisotopic (exact) mass is 661 g/mol. The highest BCUT2D eigenvalue weighted by molar-refractivity contribution is 7.89. The van der Waals surface area contributed by atoms with Crippen molar-refractivity contribution in [1.82, 2.24) is 14.5 Å². The summed E-state index contributed by atoms with van der Waals surface area (Å²) in [5.74, 6) is -0.398. The van der Waals surface area contributed by atoms with Crippen LogP contribution >= 0.6 is 11.6 Å². The molecule has 1 aliphatic rings. The van der Waals surface area contributed by atoms with Gasteiger partial charge in [0.2, 0.25) is 15.9 Å². The molecule has 240 valence electrons. The number of hydrogen-bond acceptors (Lipinski definition) is 6. The summed E-state index contributed by atoms with van der Waals surface area (Å²) in [4.78, 5) is 29.4. The first kappa shape index (κ1) is 33.2. The molecule has 5 rings (SSSR count). The van der Waals surface area contributed by atoms with Gasteiger partial charge in [0.25, 0.3) is 5.91 Å². The van der Waals surface area contributed by atoms with E-state index < -0.39 is 22.0 Å². The topological polar surface area (TPSA) is 105 Å². The Morgan fingerprint density at radius 2 is 1.46 bits per heavy atom. The minimum Gasteiger partial charge on any atom is -0.484 e. The zero-order valence-electron chi connectivity index (χ0n) is 25.3. The predicted octanol–water partition coefficient (Wildman–Crippen LogP) is 4.70. The van der Waals surface area contributed by atoms with Crippen LogP contribution in [0.2, 0.25) is 5.02 Å². The molecule has 1 aliphatic heterocycles. The van der Waals surface area contributed by atoms with Gasteiger partial charge in [-0.05, 0) is 47.0 Å². The van der Waals surface area contributed by atoms with Crippen molar-refractivity contribution in [2.75, 3.05) is 32.9 Å². The van der Waals surface area contributed by atoms with E-state index in [0.717, 1.165) is 16.7 Å². The summed E-state index contributed by atoms with van der Waals surface area (Å²) in [6, 6.07) is 31.4. The number of benzene rings is 4. The number of rotatable bonds is 13. The van der Waals surface area contributed by atoms with Gasteiger partial charge >= 0.3 is 0 Å². The molecule has 0 spiro atoms. The van der Waals surface area contributed by atoms with E-state index >= 15 is 0 Å². The van der Waals surface area contributed by atoms with Crippen molar-refractivity contribution in [3.05, 3.63) is 131 Å². The largest absolute Gasteiger partial charge is 0.484 e. The van der Waals surface area contributed by atoms with Crippen LogP contribution in [-0.2, 0) is 43.9 Å². The van der Waals surface area contributed by atoms with Crippen LogP contribution in [0.25, 0.3) is 0 Å². The number of nitrogens with one attached hydrogen (secondary N) is 1. The molecule has 4 aromatic carbocycles. The van der Waals surface area contributed by atoms with Gasteiger partial charge in [-0.15, -0.1) is 0 Å². The molecule has 11 heteroatoms. The first-order valence-corrected chi connectivity index (χ1v) is 16.8. The molecular weight excluding hydrogens is 626 g/mol. The normalized spacial score (nSPS) is 14.3. The van der Waals surface area contributed by atoms with Gasteiger partial charge < -0.3 is 19.7 Å². The highest BCUT2D eigenvalue weighted by Gasteiger charge is 2.31. The van der Waals surface area contributed by atoms with Gasteiger partial charge in [0, 0.05) is 37.6 Å². The van der Waals surface area contributed by atoms with Crippen LogP contribution in [0.15, 0.2) is 114 Å². The number of sulfonamides is 1. The summed E-state index contributed by atoms with van der Waals surface area (Å²) in [5.41, 5.74) is 2.51. The summed E-state index contributed by atoms with van der Waals surface area (Å²) >= 11 is 6.34. The minimum absolute atomic E-state index is 0.136. The summed E-state index contributed by atoms with van der Waals surface area (Å²) in [5, 5.41) is 3.51. The van der Waals surface area contributed by atoms with E-state index in [1.54, 1.807) is 6.07 Å². The summed E-state index contributed by atoms with van der Waals surface area (Å²) in [7, 11) is -3.67. The smallest absolute Gasteiger partial charge is 0.261 e. The van der Waals surface area contributed by atoms with Crippen LogP contribution in [0.4, 0.5) is 0 Å². The molecule has 9 nitrogen and oxygen atoms in total. The van der Waals surface area contributed by atoms with Gasteiger partial charge in [0.1, 0.15) is 11.8 Å². The number of amides is 2. The number of ether oxygens (including phenoxy) is 2. The average molecular weight is 662 g/mol. The molecule has 0 aliphatic carbocycles. The Kier molecular flexibility index (Phi) is 11.4. The fraction of sp³-hybridized carbons (Fsp3) is 0.257. The van der Waals surface area contributed by atoms with E-state index in [4.69, 9.17) is 21.1 Å². The van der Waals surface area contributed by atoms with Crippen LogP contribution in [0.1, 0.15) is 16.7 Å². The van der Waals surface area contributed by atoms with Gasteiger partial charge in [-0.1, -0.05) is 90.5 Å². The van der Waals surface area contributed by atoms with Crippen LogP contribution in [0.3, 0.4) is 0 Å². The van der Waals surface area contributed by atoms with Crippen LogP contribution in [-0.4, -0.2) is 68.4 Å². The zero-order valence-corrected chi connectivity index (χ0v) is 26.8. The molecular formula is C35H36ClN3O6S. The highest BCUT2D eigenvalue weighted by Crippen LogP contribution is 2.22. The predicted molar refractivity (Wildman–Crippen MR) is 176 cm³/mol. The number of halogens is 1. The lowest BCUT2D eigenvalue weighted by Gasteiger charge is -2.31. The van der Waals surface area contributed by atoms with Gasteiger partial charge in [-0.3, -0.25) is 9.59 Å². The van der Waals surface area contributed by atoms with Crippen LogP contribution in [0.5, 0.6) is 5.75 Å². The molecule has 4 aromatic rings. The third-order valence-electron chi connectivity index (χ3n) is 7.67. The lowest BCUT2D eigenvalue weighted by atomic mass is 10.0. The molecule has 46 heavy (non-hydrogen) atoms. The highest BCUT2D eigenvalue weighted by atomic mass is 35.5. The third kappa shape index (κ3) is 8.73. The third-order valence-corrected chi connectivity index (χ3v) is 9.95. The van der Waals surface area contributed by atoms with Gasteiger partial charge in [-0.2, -0.15) is 4.31 Å². The fourth-order valence-electron chi connectivity index (χ4n) is 5.15. The second-order valence-electron chi connectivity index (χ2n) is 10.8. The SMILES string of the molecule is O=C(NCc1ccccc1Cl)C(Cc1ccccc1)N(Cc1ccccc1)C(=O)COc1ccc(S(=O)(=O)N2CCOCC2)cc1. The van der Waals surface area contributed by atoms with Crippen LogP contribution < -0.4 is 10.1 Å². The van der Waals surface area contributed by atoms with Crippen molar-refractivity contribution < 1.29 is 27.5 Å². The molecule has 1 fully saturated rings. The average Bonchev–Trinajstić information content (AvgIpc) is 3.09. The quantitative estimate of drug-likeness (QED) is 0.223. The molecule has 2 amide bonds. The van der Waals surface area contributed by atoms with E-state index in [0.29, 0.717) is 37.1 Å². The number of carbonyl (C=O) groups excluding carboxylic acids is 2. The van der Waals surface area contributed by atoms with E-state index in [1.807, 2.05) is 78.9 Å². The standard InChI is InChI=1S/C35H36ClN3O6S/c36-32-14-8-7-13-29(32)24-37-35(41)33(23-27-9-3-1-4-10-27)39(25-28-11-5-2-6-12-28)34(40)26-45-30-15-17-31(18-16-30)46(42,43)38-19-21-44-22-20-38/h1-18,33H,19-26H2,(H,37,41). The fourth-order valence-corrected chi connectivity index (χ4v) is 6.76. The molecule has 1 N–H and O–H groups in total. The number of morpholine rings is 1. The maximum Gasteiger partial charge on any atom is 0.261 e. The molecule has 1 saturated heterocycles. The molecule has 0 bridgehead atoms. The molecule has 1 heterocycles. The lowest BCUT2D eigenvalue weighted by Crippen LogP contribution is -2.51. The Morgan fingerprint density at radius 3 is 2.11 bits per heavy atom. The zero-order chi connectivity index (χ0) is 32.4. The molecule has 1 atom stereocenters. The Labute approximate surface area is 274 Å². The minimum atomic E-state index is -3.67. The summed E-state index contributed by atoms with van der Waals surface area (Å²) < 4.78 is 38.5. The number of hydrogen-bond donors (Lipinski definition) is 1. The van der Waals surface area contributed by atoms with Gasteiger partial charge in [0.15, 0.2) is 6.61 Å². The van der Waals surface area contributed by atoms with Crippen molar-refractivity contribution in [1.29, 1.82) is 0 Å². The van der Waals surface area contributed by atoms with Crippen molar-refractivity contribution in [3.8, 4) is 5.75 Å². The number of carbonyl (C=O) groups is 2. The molecule has 0 aromatic heterocycles. The molecule has 0 saturated carbocycles. The maximum absolute atomic E-state index is 13.9. The Hall–Kier alpha value is -4.22. The lowest BCUT2D eigenvalue weighted by molar-refractivity contribution is -0.142. The first-order chi connectivity index (χ1) is 22.3. The molecule has 1 unspecified atom stereocenters. The van der Waals surface area contributed by atoms with Crippen LogP contribution in [0, 0.1) is 0 Å². The van der Waals surface area contributed by atoms with E-state index in [2.05, 4.69) is 5.32 Å². The van der Waals surface area contributed by atoms with E-state index in [-0.39, 0.29) is 36.9 Å². The van der Waals surface area contributed by atoms with Crippen molar-refractivity contribution in [2.45, 2.75) is 30.4 Å². The second-order valence-corrected chi connectivity index (χ2v) is 13.1. The maximum atomic E-state index is 13.9. The number of nitrogens with zero attached hydrogens (tertiary/aromatic N) is 2. The van der Waals surface area contributed by atoms with Gasteiger partial charge in [0.05, 0.1) is 18.1 Å². The second kappa shape index (κ2) is 15.9. The molecule has 0 radical (unpaired) electrons. The Bertz CT molecular complexity index is 1700. The van der Waals surface area contributed by atoms with Crippen molar-refractivity contribution in [2.24, 2.45) is 0 Å². The Morgan fingerprint density at radius 1 is 0.848 bits per heavy atom. The van der Waals surface area contributed by atoms with E-state index in [1.165, 1.54) is 33.5 Å². The van der Waals surface area contributed by atoms with Crippen molar-refractivity contribution >= 4 is 33.4 Å². The summed E-state index contributed by atoms with van der Waals surface area (Å²) in [6.45, 7) is 1.32. The van der Waals surface area contributed by atoms with E-state index in [9.17, 15) is 18.0 Å². The first-order valence-electron chi connectivity index (χ1n) is 15.0.